The summed E-state index contributed by atoms with van der Waals surface area (Å²) >= 11 is 7.01. The van der Waals surface area contributed by atoms with Crippen LogP contribution in [-0.4, -0.2) is 16.8 Å². The molecule has 0 saturated heterocycles. The largest absolute Gasteiger partial charge is 0.422 e. The average molecular weight is 459 g/mol. The summed E-state index contributed by atoms with van der Waals surface area (Å²) in [6.07, 6.45) is 3.08. The van der Waals surface area contributed by atoms with Crippen LogP contribution >= 0.6 is 23.4 Å². The van der Waals surface area contributed by atoms with Crippen LogP contribution in [-0.2, 0) is 16.0 Å². The summed E-state index contributed by atoms with van der Waals surface area (Å²) in [5.74, 6) is 0.739. The molecule has 2 unspecified atom stereocenters. The number of ketones is 1. The fourth-order valence-corrected chi connectivity index (χ4v) is 5.18. The number of thioether (sulfide) groups is 1. The summed E-state index contributed by atoms with van der Waals surface area (Å²) in [5, 5.41) is -0.0536. The molecule has 3 nitrogen and oxygen atoms in total. The van der Waals surface area contributed by atoms with E-state index in [0.717, 1.165) is 42.2 Å². The fraction of sp³-hybridized carbons (Fsp3) is 0.360. The van der Waals surface area contributed by atoms with E-state index in [9.17, 15) is 14.0 Å². The molecule has 162 valence electrons. The van der Waals surface area contributed by atoms with E-state index in [0.29, 0.717) is 39.7 Å². The highest BCUT2D eigenvalue weighted by Gasteiger charge is 2.43. The minimum Gasteiger partial charge on any atom is -0.422 e. The number of Topliss-reactive ketones (excluding diaryl/α,β-unsaturated/α-hetero) is 1. The Morgan fingerprint density at radius 2 is 1.90 bits per heavy atom. The first kappa shape index (κ1) is 22.1. The van der Waals surface area contributed by atoms with E-state index in [1.54, 1.807) is 12.1 Å². The van der Waals surface area contributed by atoms with Crippen molar-refractivity contribution in [2.75, 3.05) is 5.75 Å². The minimum absolute atomic E-state index is 0.0291. The van der Waals surface area contributed by atoms with E-state index >= 15 is 0 Å². The monoisotopic (exact) mass is 458 g/mol. The normalized spacial score (nSPS) is 20.3. The third-order valence-electron chi connectivity index (χ3n) is 6.12. The van der Waals surface area contributed by atoms with Gasteiger partial charge in [-0.05, 0) is 78.4 Å². The van der Waals surface area contributed by atoms with E-state index in [2.05, 4.69) is 0 Å². The van der Waals surface area contributed by atoms with Crippen LogP contribution in [0.25, 0.3) is 16.7 Å². The maximum atomic E-state index is 14.6. The van der Waals surface area contributed by atoms with Crippen molar-refractivity contribution in [2.24, 2.45) is 11.8 Å². The molecule has 2 aliphatic rings. The summed E-state index contributed by atoms with van der Waals surface area (Å²) < 4.78 is 20.4. The van der Waals surface area contributed by atoms with Crippen molar-refractivity contribution in [3.05, 3.63) is 64.1 Å². The minimum atomic E-state index is -0.419. The second-order valence-corrected chi connectivity index (χ2v) is 9.58. The third-order valence-corrected chi connectivity index (χ3v) is 6.97. The predicted molar refractivity (Wildman–Crippen MR) is 124 cm³/mol. The van der Waals surface area contributed by atoms with Crippen LogP contribution < -0.4 is 0 Å². The van der Waals surface area contributed by atoms with Gasteiger partial charge in [-0.1, -0.05) is 37.6 Å². The Hall–Kier alpha value is -2.11. The molecule has 0 amide bonds. The summed E-state index contributed by atoms with van der Waals surface area (Å²) in [6.45, 7) is 3.90. The lowest BCUT2D eigenvalue weighted by Crippen LogP contribution is -2.24. The maximum absolute atomic E-state index is 14.6. The first-order valence-corrected chi connectivity index (χ1v) is 12.0. The quantitative estimate of drug-likeness (QED) is 0.440. The van der Waals surface area contributed by atoms with Gasteiger partial charge in [0.05, 0.1) is 5.57 Å². The van der Waals surface area contributed by atoms with Crippen LogP contribution in [0.5, 0.6) is 0 Å². The molecule has 2 aromatic rings. The fourth-order valence-electron chi connectivity index (χ4n) is 4.63. The van der Waals surface area contributed by atoms with E-state index in [-0.39, 0.29) is 22.9 Å². The van der Waals surface area contributed by atoms with Gasteiger partial charge in [0.15, 0.2) is 5.78 Å². The molecule has 0 N–H and O–H groups in total. The lowest BCUT2D eigenvalue weighted by Gasteiger charge is -2.26. The van der Waals surface area contributed by atoms with Crippen molar-refractivity contribution in [3.63, 3.8) is 0 Å². The number of aryl methyl sites for hydroxylation is 1. The van der Waals surface area contributed by atoms with Crippen LogP contribution in [0.2, 0.25) is 5.02 Å². The van der Waals surface area contributed by atoms with Crippen LogP contribution in [0.4, 0.5) is 9.18 Å². The molecule has 2 bridgehead atoms. The van der Waals surface area contributed by atoms with E-state index < -0.39 is 5.82 Å². The van der Waals surface area contributed by atoms with Crippen LogP contribution in [0.1, 0.15) is 44.2 Å². The number of rotatable bonds is 5. The van der Waals surface area contributed by atoms with Crippen LogP contribution in [0.15, 0.2) is 42.2 Å². The number of hydrogen-bond acceptors (Lipinski definition) is 4. The Kier molecular flexibility index (Phi) is 6.54. The molecular weight excluding hydrogens is 435 g/mol. The van der Waals surface area contributed by atoms with Gasteiger partial charge >= 0.3 is 5.30 Å². The van der Waals surface area contributed by atoms with Gasteiger partial charge in [0.25, 0.3) is 0 Å². The number of ether oxygens (including phenoxy) is 1. The molecule has 0 radical (unpaired) electrons. The smallest absolute Gasteiger partial charge is 0.372 e. The Balaban J connectivity index is 1.88. The molecule has 31 heavy (non-hydrogen) atoms. The molecular formula is C25H24ClFO3S. The zero-order chi connectivity index (χ0) is 22.1. The van der Waals surface area contributed by atoms with Crippen LogP contribution in [0, 0.1) is 17.7 Å². The first-order valence-electron chi connectivity index (χ1n) is 10.6. The van der Waals surface area contributed by atoms with Gasteiger partial charge in [-0.2, -0.15) is 0 Å². The van der Waals surface area contributed by atoms with Gasteiger partial charge < -0.3 is 4.74 Å². The van der Waals surface area contributed by atoms with Crippen molar-refractivity contribution in [2.45, 2.75) is 39.5 Å². The molecule has 1 fully saturated rings. The van der Waals surface area contributed by atoms with Gasteiger partial charge in [0.2, 0.25) is 0 Å². The summed E-state index contributed by atoms with van der Waals surface area (Å²) in [6, 6.07) is 10.2. The lowest BCUT2D eigenvalue weighted by molar-refractivity contribution is -0.117. The molecule has 0 aliphatic heterocycles. The van der Waals surface area contributed by atoms with Gasteiger partial charge in [0.1, 0.15) is 11.6 Å². The van der Waals surface area contributed by atoms with Crippen molar-refractivity contribution in [3.8, 4) is 11.1 Å². The van der Waals surface area contributed by atoms with Crippen molar-refractivity contribution in [1.29, 1.82) is 0 Å². The van der Waals surface area contributed by atoms with Gasteiger partial charge in [-0.25, -0.2) is 9.18 Å². The molecule has 2 aliphatic carbocycles. The Labute approximate surface area is 191 Å². The number of fused-ring (bicyclic) bond motifs is 2. The van der Waals surface area contributed by atoms with E-state index in [4.69, 9.17) is 16.3 Å². The standard InChI is InChI=1S/C25H24ClFO3S/c1-3-14-5-6-15(19-10-9-18(26)13-21(19)27)12-20(14)22-23(28)16-7-8-17(11-16)24(22)30-25(29)31-4-2/h5-6,9-10,12-13,16-17H,3-4,7-8,11H2,1-2H3. The van der Waals surface area contributed by atoms with E-state index in [1.165, 1.54) is 6.07 Å². The Bertz CT molecular complexity index is 1080. The zero-order valence-corrected chi connectivity index (χ0v) is 19.1. The summed E-state index contributed by atoms with van der Waals surface area (Å²) in [7, 11) is 0. The Morgan fingerprint density at radius 3 is 2.61 bits per heavy atom. The molecule has 1 saturated carbocycles. The van der Waals surface area contributed by atoms with Crippen LogP contribution in [0.3, 0.4) is 0 Å². The van der Waals surface area contributed by atoms with Gasteiger partial charge in [0, 0.05) is 28.2 Å². The molecule has 2 atom stereocenters. The second kappa shape index (κ2) is 9.17. The molecule has 4 rings (SSSR count). The van der Waals surface area contributed by atoms with Crippen molar-refractivity contribution < 1.29 is 18.7 Å². The number of allylic oxidation sites excluding steroid dienone is 2. The number of carbonyl (C=O) groups is 2. The average Bonchev–Trinajstić information content (AvgIpc) is 3.19. The summed E-state index contributed by atoms with van der Waals surface area (Å²) in [5.41, 5.74) is 3.28. The number of carbonyl (C=O) groups excluding carboxylic acids is 2. The van der Waals surface area contributed by atoms with Gasteiger partial charge in [-0.15, -0.1) is 0 Å². The maximum Gasteiger partial charge on any atom is 0.372 e. The molecule has 0 spiro atoms. The van der Waals surface area contributed by atoms with Gasteiger partial charge in [-0.3, -0.25) is 4.79 Å². The third kappa shape index (κ3) is 4.31. The molecule has 0 heterocycles. The molecule has 2 aromatic carbocycles. The summed E-state index contributed by atoms with van der Waals surface area (Å²) in [4.78, 5) is 25.7. The SMILES string of the molecule is CCSC(=O)OC1=C(c2cc(-c3ccc(Cl)cc3F)ccc2CC)C(=O)C2CCC1C2. The highest BCUT2D eigenvalue weighted by atomic mass is 35.5. The second-order valence-electron chi connectivity index (χ2n) is 7.95. The lowest BCUT2D eigenvalue weighted by atomic mass is 9.81. The predicted octanol–water partition coefficient (Wildman–Crippen LogP) is 7.31. The zero-order valence-electron chi connectivity index (χ0n) is 17.5. The molecule has 0 aromatic heterocycles. The Morgan fingerprint density at radius 1 is 1.13 bits per heavy atom. The number of hydrogen-bond donors (Lipinski definition) is 0. The highest BCUT2D eigenvalue weighted by molar-refractivity contribution is 8.13. The van der Waals surface area contributed by atoms with E-state index in [1.807, 2.05) is 32.0 Å². The number of benzene rings is 2. The topological polar surface area (TPSA) is 43.4 Å². The first-order chi connectivity index (χ1) is 14.9. The van der Waals surface area contributed by atoms with Crippen molar-refractivity contribution >= 4 is 40.0 Å². The highest BCUT2D eigenvalue weighted by Crippen LogP contribution is 2.48. The van der Waals surface area contributed by atoms with Crippen molar-refractivity contribution in [1.82, 2.24) is 0 Å². The number of halogens is 2. The molecule has 6 heteroatoms.